The van der Waals surface area contributed by atoms with Gasteiger partial charge in [0.2, 0.25) is 0 Å². The van der Waals surface area contributed by atoms with Crippen molar-refractivity contribution in [1.29, 1.82) is 0 Å². The Kier molecular flexibility index (Phi) is 8.67. The maximum atomic E-state index is 13.5. The number of benzene rings is 4. The van der Waals surface area contributed by atoms with E-state index in [1.54, 1.807) is 12.1 Å². The first kappa shape index (κ1) is 31.1. The van der Waals surface area contributed by atoms with E-state index in [9.17, 15) is 23.1 Å². The number of carbonyl (C=O) groups is 1. The van der Waals surface area contributed by atoms with Crippen LogP contribution in [0.4, 0.5) is 13.2 Å². The van der Waals surface area contributed by atoms with Crippen molar-refractivity contribution >= 4 is 28.0 Å². The van der Waals surface area contributed by atoms with Gasteiger partial charge in [-0.3, -0.25) is 0 Å². The third kappa shape index (κ3) is 6.14. The predicted molar refractivity (Wildman–Crippen MR) is 175 cm³/mol. The van der Waals surface area contributed by atoms with E-state index in [0.29, 0.717) is 35.5 Å². The second kappa shape index (κ2) is 12.8. The Morgan fingerprint density at radius 1 is 0.783 bits per heavy atom. The van der Waals surface area contributed by atoms with Crippen molar-refractivity contribution in [3.63, 3.8) is 0 Å². The van der Waals surface area contributed by atoms with Crippen LogP contribution >= 0.6 is 0 Å². The zero-order chi connectivity index (χ0) is 32.4. The van der Waals surface area contributed by atoms with Gasteiger partial charge in [0.25, 0.3) is 0 Å². The Labute approximate surface area is 265 Å². The van der Waals surface area contributed by atoms with Gasteiger partial charge in [0, 0.05) is 25.1 Å². The minimum atomic E-state index is -4.44. The first-order valence-corrected chi connectivity index (χ1v) is 15.7. The summed E-state index contributed by atoms with van der Waals surface area (Å²) in [7, 11) is 0. The van der Waals surface area contributed by atoms with E-state index in [-0.39, 0.29) is 5.56 Å². The van der Waals surface area contributed by atoms with Crippen molar-refractivity contribution in [2.24, 2.45) is 0 Å². The molecule has 9 heteroatoms. The van der Waals surface area contributed by atoms with E-state index in [2.05, 4.69) is 18.4 Å². The van der Waals surface area contributed by atoms with Gasteiger partial charge in [-0.1, -0.05) is 69.2 Å². The summed E-state index contributed by atoms with van der Waals surface area (Å²) in [5, 5.41) is 9.64. The summed E-state index contributed by atoms with van der Waals surface area (Å²) < 4.78 is 44.8. The molecule has 2 heterocycles. The molecule has 2 aromatic heterocycles. The highest BCUT2D eigenvalue weighted by molar-refractivity contribution is 5.96. The van der Waals surface area contributed by atoms with Crippen LogP contribution in [0.15, 0.2) is 84.9 Å². The van der Waals surface area contributed by atoms with Gasteiger partial charge in [-0.05, 0) is 72.0 Å². The van der Waals surface area contributed by atoms with Crippen molar-refractivity contribution < 1.29 is 23.1 Å². The number of hydrogen-bond donors (Lipinski definition) is 1. The largest absolute Gasteiger partial charge is 0.478 e. The molecule has 46 heavy (non-hydrogen) atoms. The number of fused-ring (bicyclic) bond motifs is 2. The zero-order valence-electron chi connectivity index (χ0n) is 25.8. The minimum Gasteiger partial charge on any atom is -0.478 e. The van der Waals surface area contributed by atoms with Crippen LogP contribution in [-0.2, 0) is 25.7 Å². The van der Waals surface area contributed by atoms with Crippen molar-refractivity contribution in [3.05, 3.63) is 107 Å². The number of carboxylic acid groups (broad SMARTS) is 1. The standard InChI is InChI=1S/C37H35F3N4O2/c1-3-5-11-34-41-30-18-16-26(35-42-31-22-27(37(38,39)40)17-19-32(31)43(35)20-6-4-2)21-33(30)44(34)23-24-12-14-25(15-13-24)28-9-7-8-10-29(28)36(45)46/h7-10,12-19,21-22H,3-6,11,20,23H2,1-2H3,(H,45,46). The van der Waals surface area contributed by atoms with E-state index >= 15 is 0 Å². The topological polar surface area (TPSA) is 72.9 Å². The molecule has 0 saturated carbocycles. The third-order valence-electron chi connectivity index (χ3n) is 8.41. The Hall–Kier alpha value is -4.92. The van der Waals surface area contributed by atoms with Crippen molar-refractivity contribution in [3.8, 4) is 22.5 Å². The van der Waals surface area contributed by atoms with Crippen molar-refractivity contribution in [2.75, 3.05) is 0 Å². The van der Waals surface area contributed by atoms with Gasteiger partial charge in [-0.25, -0.2) is 14.8 Å². The zero-order valence-corrected chi connectivity index (χ0v) is 25.8. The van der Waals surface area contributed by atoms with Crippen LogP contribution < -0.4 is 0 Å². The second-order valence-electron chi connectivity index (χ2n) is 11.6. The number of rotatable bonds is 11. The van der Waals surface area contributed by atoms with E-state index < -0.39 is 17.7 Å². The van der Waals surface area contributed by atoms with Crippen LogP contribution in [-0.4, -0.2) is 30.2 Å². The molecular weight excluding hydrogens is 589 g/mol. The second-order valence-corrected chi connectivity index (χ2v) is 11.6. The lowest BCUT2D eigenvalue weighted by Gasteiger charge is -2.12. The van der Waals surface area contributed by atoms with Crippen LogP contribution in [0.25, 0.3) is 44.6 Å². The number of alkyl halides is 3. The van der Waals surface area contributed by atoms with Crippen molar-refractivity contribution in [2.45, 2.75) is 65.2 Å². The number of aromatic carboxylic acids is 1. The molecule has 0 bridgehead atoms. The van der Waals surface area contributed by atoms with E-state index in [0.717, 1.165) is 77.8 Å². The molecule has 0 unspecified atom stereocenters. The highest BCUT2D eigenvalue weighted by atomic mass is 19.4. The summed E-state index contributed by atoms with van der Waals surface area (Å²) in [4.78, 5) is 21.5. The highest BCUT2D eigenvalue weighted by Gasteiger charge is 2.31. The normalized spacial score (nSPS) is 11.9. The lowest BCUT2D eigenvalue weighted by atomic mass is 9.99. The molecule has 0 aliphatic rings. The van der Waals surface area contributed by atoms with Gasteiger partial charge in [0.1, 0.15) is 11.6 Å². The number of halogens is 3. The Balaban J connectivity index is 1.42. The fraction of sp³-hybridized carbons (Fsp3) is 0.270. The van der Waals surface area contributed by atoms with Gasteiger partial charge in [-0.2, -0.15) is 13.2 Å². The Morgan fingerprint density at radius 2 is 1.52 bits per heavy atom. The molecule has 6 nitrogen and oxygen atoms in total. The van der Waals surface area contributed by atoms with Crippen LogP contribution in [0.2, 0.25) is 0 Å². The number of carboxylic acids is 1. The lowest BCUT2D eigenvalue weighted by molar-refractivity contribution is -0.137. The number of aryl methyl sites for hydroxylation is 2. The summed E-state index contributed by atoms with van der Waals surface area (Å²) in [6, 6.07) is 24.6. The minimum absolute atomic E-state index is 0.254. The molecular formula is C37H35F3N4O2. The molecule has 0 saturated heterocycles. The van der Waals surface area contributed by atoms with E-state index in [1.807, 2.05) is 59.2 Å². The third-order valence-corrected chi connectivity index (χ3v) is 8.41. The summed E-state index contributed by atoms with van der Waals surface area (Å²) in [6.45, 7) is 5.43. The van der Waals surface area contributed by atoms with Crippen LogP contribution in [0.3, 0.4) is 0 Å². The summed E-state index contributed by atoms with van der Waals surface area (Å²) in [5.74, 6) is 0.627. The lowest BCUT2D eigenvalue weighted by Crippen LogP contribution is -2.06. The molecule has 0 aliphatic heterocycles. The quantitative estimate of drug-likeness (QED) is 0.156. The maximum absolute atomic E-state index is 13.5. The molecule has 1 N–H and O–H groups in total. The molecule has 6 aromatic rings. The average Bonchev–Trinajstić information content (AvgIpc) is 3.59. The first-order chi connectivity index (χ1) is 22.2. The highest BCUT2D eigenvalue weighted by Crippen LogP contribution is 2.34. The maximum Gasteiger partial charge on any atom is 0.416 e. The van der Waals surface area contributed by atoms with Gasteiger partial charge in [-0.15, -0.1) is 0 Å². The number of aromatic nitrogens is 4. The average molecular weight is 625 g/mol. The predicted octanol–water partition coefficient (Wildman–Crippen LogP) is 9.63. The van der Waals surface area contributed by atoms with Gasteiger partial charge in [0.15, 0.2) is 0 Å². The molecule has 0 amide bonds. The molecule has 0 radical (unpaired) electrons. The molecule has 6 rings (SSSR count). The number of nitrogens with zero attached hydrogens (tertiary/aromatic N) is 4. The number of unbranched alkanes of at least 4 members (excludes halogenated alkanes) is 2. The van der Waals surface area contributed by atoms with Gasteiger partial charge in [0.05, 0.1) is 33.2 Å². The number of imidazole rings is 2. The molecule has 0 aliphatic carbocycles. The van der Waals surface area contributed by atoms with Gasteiger partial charge >= 0.3 is 12.1 Å². The number of hydrogen-bond acceptors (Lipinski definition) is 3. The van der Waals surface area contributed by atoms with E-state index in [1.165, 1.54) is 6.07 Å². The summed E-state index contributed by atoms with van der Waals surface area (Å²) in [5.41, 5.74) is 5.66. The van der Waals surface area contributed by atoms with Crippen LogP contribution in [0, 0.1) is 0 Å². The van der Waals surface area contributed by atoms with Crippen molar-refractivity contribution in [1.82, 2.24) is 19.1 Å². The fourth-order valence-corrected chi connectivity index (χ4v) is 5.98. The molecule has 236 valence electrons. The molecule has 4 aromatic carbocycles. The monoisotopic (exact) mass is 624 g/mol. The Morgan fingerprint density at radius 3 is 2.24 bits per heavy atom. The summed E-state index contributed by atoms with van der Waals surface area (Å²) >= 11 is 0. The Bertz CT molecular complexity index is 2020. The van der Waals surface area contributed by atoms with Gasteiger partial charge < -0.3 is 14.2 Å². The van der Waals surface area contributed by atoms with Crippen LogP contribution in [0.5, 0.6) is 0 Å². The van der Waals surface area contributed by atoms with Crippen LogP contribution in [0.1, 0.15) is 66.8 Å². The smallest absolute Gasteiger partial charge is 0.416 e. The first-order valence-electron chi connectivity index (χ1n) is 15.7. The molecule has 0 atom stereocenters. The molecule has 0 fully saturated rings. The SMILES string of the molecule is CCCCc1nc2ccc(-c3nc4cc(C(F)(F)F)ccc4n3CCCC)cc2n1Cc1ccc(-c2ccccc2C(=O)O)cc1. The summed E-state index contributed by atoms with van der Waals surface area (Å²) in [6.07, 6.45) is 0.170. The van der Waals surface area contributed by atoms with E-state index in [4.69, 9.17) is 9.97 Å². The fourth-order valence-electron chi connectivity index (χ4n) is 5.98. The molecule has 0 spiro atoms.